The Morgan fingerprint density at radius 3 is 2.33 bits per heavy atom. The Balaban J connectivity index is 2.00. The fourth-order valence-electron chi connectivity index (χ4n) is 1.95. The van der Waals surface area contributed by atoms with Crippen LogP contribution in [-0.4, -0.2) is 30.9 Å². The summed E-state index contributed by atoms with van der Waals surface area (Å²) >= 11 is 1.09. The van der Waals surface area contributed by atoms with Gasteiger partial charge in [-0.1, -0.05) is 0 Å². The molecule has 1 aromatic carbocycles. The average molecular weight is 347 g/mol. The number of anilines is 1. The Bertz CT molecular complexity index is 751. The zero-order valence-corrected chi connectivity index (χ0v) is 14.3. The van der Waals surface area contributed by atoms with Crippen LogP contribution in [0.15, 0.2) is 36.4 Å². The van der Waals surface area contributed by atoms with E-state index in [1.807, 2.05) is 0 Å². The second kappa shape index (κ2) is 7.74. The lowest BCUT2D eigenvalue weighted by Gasteiger charge is -2.12. The minimum Gasteiger partial charge on any atom is -0.497 e. The SMILES string of the molecule is COc1ccc(C(=O)[C@@H](C)OC(=O)c2ccc(NC(C)=O)s2)cc1. The van der Waals surface area contributed by atoms with Gasteiger partial charge in [0.05, 0.1) is 12.1 Å². The lowest BCUT2D eigenvalue weighted by Crippen LogP contribution is -2.24. The number of benzene rings is 1. The highest BCUT2D eigenvalue weighted by molar-refractivity contribution is 7.18. The topological polar surface area (TPSA) is 81.7 Å². The molecule has 0 bridgehead atoms. The molecule has 0 aliphatic carbocycles. The lowest BCUT2D eigenvalue weighted by molar-refractivity contribution is -0.114. The van der Waals surface area contributed by atoms with Crippen molar-refractivity contribution in [3.63, 3.8) is 0 Å². The molecule has 2 rings (SSSR count). The van der Waals surface area contributed by atoms with Crippen LogP contribution in [0.3, 0.4) is 0 Å². The van der Waals surface area contributed by atoms with Gasteiger partial charge in [0.25, 0.3) is 0 Å². The molecule has 7 heteroatoms. The first-order valence-electron chi connectivity index (χ1n) is 7.17. The van der Waals surface area contributed by atoms with Gasteiger partial charge in [-0.25, -0.2) is 4.79 Å². The van der Waals surface area contributed by atoms with Crippen LogP contribution in [0, 0.1) is 0 Å². The summed E-state index contributed by atoms with van der Waals surface area (Å²) < 4.78 is 10.2. The van der Waals surface area contributed by atoms with Gasteiger partial charge in [0.1, 0.15) is 10.6 Å². The van der Waals surface area contributed by atoms with Crippen LogP contribution in [-0.2, 0) is 9.53 Å². The van der Waals surface area contributed by atoms with E-state index in [0.717, 1.165) is 11.3 Å². The van der Waals surface area contributed by atoms with Crippen LogP contribution in [0.25, 0.3) is 0 Å². The normalized spacial score (nSPS) is 11.5. The molecule has 0 fully saturated rings. The standard InChI is InChI=1S/C17H17NO5S/c1-10(16(20)12-4-6-13(22-3)7-5-12)23-17(21)14-8-9-15(24-14)18-11(2)19/h4-10H,1-3H3,(H,18,19)/t10-/m1/s1. The highest BCUT2D eigenvalue weighted by Gasteiger charge is 2.21. The fraction of sp³-hybridized carbons (Fsp3) is 0.235. The second-order valence-corrected chi connectivity index (χ2v) is 6.07. The van der Waals surface area contributed by atoms with E-state index in [1.165, 1.54) is 21.0 Å². The molecule has 24 heavy (non-hydrogen) atoms. The van der Waals surface area contributed by atoms with E-state index in [1.54, 1.807) is 36.4 Å². The van der Waals surface area contributed by atoms with E-state index >= 15 is 0 Å². The zero-order valence-electron chi connectivity index (χ0n) is 13.5. The molecule has 6 nitrogen and oxygen atoms in total. The number of carbonyl (C=O) groups excluding carboxylic acids is 3. The molecular formula is C17H17NO5S. The maximum absolute atomic E-state index is 12.3. The minimum atomic E-state index is -0.919. The van der Waals surface area contributed by atoms with Gasteiger partial charge in [0.15, 0.2) is 6.10 Å². The number of nitrogens with one attached hydrogen (secondary N) is 1. The number of amides is 1. The molecule has 0 aliphatic heterocycles. The molecule has 0 saturated heterocycles. The van der Waals surface area contributed by atoms with Crippen LogP contribution < -0.4 is 10.1 Å². The van der Waals surface area contributed by atoms with E-state index in [2.05, 4.69) is 5.32 Å². The molecule has 0 unspecified atom stereocenters. The number of rotatable bonds is 6. The molecule has 0 radical (unpaired) electrons. The van der Waals surface area contributed by atoms with Gasteiger partial charge < -0.3 is 14.8 Å². The number of carbonyl (C=O) groups is 3. The highest BCUT2D eigenvalue weighted by atomic mass is 32.1. The summed E-state index contributed by atoms with van der Waals surface area (Å²) in [7, 11) is 1.54. The van der Waals surface area contributed by atoms with E-state index < -0.39 is 12.1 Å². The predicted octanol–water partition coefficient (Wildman–Crippen LogP) is 3.14. The molecule has 1 amide bonds. The predicted molar refractivity (Wildman–Crippen MR) is 90.8 cm³/mol. The number of ketones is 1. The van der Waals surface area contributed by atoms with Crippen molar-refractivity contribution in [3.8, 4) is 5.75 Å². The van der Waals surface area contributed by atoms with Crippen molar-refractivity contribution in [3.05, 3.63) is 46.8 Å². The molecule has 1 aromatic heterocycles. The van der Waals surface area contributed by atoms with E-state index in [9.17, 15) is 14.4 Å². The molecule has 1 N–H and O–H groups in total. The number of hydrogen-bond donors (Lipinski definition) is 1. The van der Waals surface area contributed by atoms with Gasteiger partial charge in [-0.3, -0.25) is 9.59 Å². The smallest absolute Gasteiger partial charge is 0.349 e. The first kappa shape index (κ1) is 17.7. The van der Waals surface area contributed by atoms with E-state index in [0.29, 0.717) is 21.2 Å². The first-order valence-corrected chi connectivity index (χ1v) is 7.99. The van der Waals surface area contributed by atoms with Crippen molar-refractivity contribution >= 4 is 34.0 Å². The molecule has 2 aromatic rings. The van der Waals surface area contributed by atoms with Crippen LogP contribution in [0.1, 0.15) is 33.9 Å². The number of esters is 1. The zero-order chi connectivity index (χ0) is 17.7. The van der Waals surface area contributed by atoms with Crippen LogP contribution in [0.2, 0.25) is 0 Å². The quantitative estimate of drug-likeness (QED) is 0.641. The van der Waals surface area contributed by atoms with Crippen LogP contribution >= 0.6 is 11.3 Å². The monoisotopic (exact) mass is 347 g/mol. The van der Waals surface area contributed by atoms with Gasteiger partial charge in [0.2, 0.25) is 11.7 Å². The molecule has 126 valence electrons. The Hall–Kier alpha value is -2.67. The summed E-state index contributed by atoms with van der Waals surface area (Å²) in [6.07, 6.45) is -0.919. The van der Waals surface area contributed by atoms with Crippen LogP contribution in [0.4, 0.5) is 5.00 Å². The maximum Gasteiger partial charge on any atom is 0.349 e. The molecular weight excluding hydrogens is 330 g/mol. The third-order valence-corrected chi connectivity index (χ3v) is 4.11. The van der Waals surface area contributed by atoms with Crippen LogP contribution in [0.5, 0.6) is 5.75 Å². The number of thiophene rings is 1. The van der Waals surface area contributed by atoms with Crippen molar-refractivity contribution in [2.24, 2.45) is 0 Å². The Morgan fingerprint density at radius 1 is 1.08 bits per heavy atom. The fourth-order valence-corrected chi connectivity index (χ4v) is 2.79. The van der Waals surface area contributed by atoms with Gasteiger partial charge in [0, 0.05) is 12.5 Å². The molecule has 0 spiro atoms. The van der Waals surface area contributed by atoms with Crippen molar-refractivity contribution in [1.82, 2.24) is 0 Å². The third-order valence-electron chi connectivity index (χ3n) is 3.13. The molecule has 1 atom stereocenters. The Morgan fingerprint density at radius 2 is 1.75 bits per heavy atom. The van der Waals surface area contributed by atoms with Gasteiger partial charge in [-0.2, -0.15) is 0 Å². The summed E-state index contributed by atoms with van der Waals surface area (Å²) in [5, 5.41) is 3.13. The van der Waals surface area contributed by atoms with Crippen molar-refractivity contribution < 1.29 is 23.9 Å². The third kappa shape index (κ3) is 4.42. The number of ether oxygens (including phenoxy) is 2. The van der Waals surface area contributed by atoms with Gasteiger partial charge in [-0.15, -0.1) is 11.3 Å². The maximum atomic E-state index is 12.3. The molecule has 0 saturated carbocycles. The number of Topliss-reactive ketones (excluding diaryl/α,β-unsaturated/α-hetero) is 1. The van der Waals surface area contributed by atoms with Crippen molar-refractivity contribution in [2.45, 2.75) is 20.0 Å². The number of methoxy groups -OCH3 is 1. The summed E-state index contributed by atoms with van der Waals surface area (Å²) in [5.41, 5.74) is 0.432. The molecule has 1 heterocycles. The van der Waals surface area contributed by atoms with Crippen molar-refractivity contribution in [2.75, 3.05) is 12.4 Å². The van der Waals surface area contributed by atoms with E-state index in [4.69, 9.17) is 9.47 Å². The summed E-state index contributed by atoms with van der Waals surface area (Å²) in [6, 6.07) is 9.72. The number of hydrogen-bond acceptors (Lipinski definition) is 6. The first-order chi connectivity index (χ1) is 11.4. The van der Waals surface area contributed by atoms with Crippen molar-refractivity contribution in [1.29, 1.82) is 0 Å². The largest absolute Gasteiger partial charge is 0.497 e. The van der Waals surface area contributed by atoms with Gasteiger partial charge >= 0.3 is 5.97 Å². The average Bonchev–Trinajstić information content (AvgIpc) is 3.02. The Kier molecular flexibility index (Phi) is 5.70. The summed E-state index contributed by atoms with van der Waals surface area (Å²) in [6.45, 7) is 2.90. The van der Waals surface area contributed by atoms with E-state index in [-0.39, 0.29) is 11.7 Å². The summed E-state index contributed by atoms with van der Waals surface area (Å²) in [5.74, 6) is -0.490. The second-order valence-electron chi connectivity index (χ2n) is 4.99. The summed E-state index contributed by atoms with van der Waals surface area (Å²) in [4.78, 5) is 35.7. The van der Waals surface area contributed by atoms with Gasteiger partial charge in [-0.05, 0) is 43.3 Å². The lowest BCUT2D eigenvalue weighted by atomic mass is 10.1. The molecule has 0 aliphatic rings. The Labute approximate surface area is 143 Å². The highest BCUT2D eigenvalue weighted by Crippen LogP contribution is 2.23. The minimum absolute atomic E-state index is 0.222.